The average molecular weight is 279 g/mol. The average Bonchev–Trinajstić information content (AvgIpc) is 3.08. The zero-order valence-electron chi connectivity index (χ0n) is 11.2. The molecule has 0 bridgehead atoms. The van der Waals surface area contributed by atoms with E-state index in [1.807, 2.05) is 18.2 Å². The third kappa shape index (κ3) is 3.11. The predicted molar refractivity (Wildman–Crippen MR) is 76.8 cm³/mol. The van der Waals surface area contributed by atoms with Crippen LogP contribution in [0.1, 0.15) is 16.1 Å². The number of nitrogens with zero attached hydrogens (tertiary/aromatic N) is 4. The summed E-state index contributed by atoms with van der Waals surface area (Å²) in [5.74, 6) is 0.541. The molecule has 0 spiro atoms. The highest BCUT2D eigenvalue weighted by molar-refractivity contribution is 5.93. The predicted octanol–water partition coefficient (Wildman–Crippen LogP) is 1.59. The van der Waals surface area contributed by atoms with E-state index in [2.05, 4.69) is 20.3 Å². The van der Waals surface area contributed by atoms with E-state index in [0.717, 1.165) is 5.69 Å². The highest BCUT2D eigenvalue weighted by Crippen LogP contribution is 2.05. The first-order chi connectivity index (χ1) is 10.3. The molecule has 6 nitrogen and oxygen atoms in total. The lowest BCUT2D eigenvalue weighted by Crippen LogP contribution is -2.23. The van der Waals surface area contributed by atoms with Gasteiger partial charge in [0.15, 0.2) is 0 Å². The van der Waals surface area contributed by atoms with Gasteiger partial charge in [0.1, 0.15) is 12.1 Å². The van der Waals surface area contributed by atoms with Crippen LogP contribution in [0, 0.1) is 0 Å². The third-order valence-electron chi connectivity index (χ3n) is 2.94. The molecule has 3 aromatic rings. The molecule has 3 heterocycles. The van der Waals surface area contributed by atoms with Crippen LogP contribution in [-0.4, -0.2) is 25.4 Å². The number of rotatable bonds is 4. The SMILES string of the molecule is O=C(NCc1ccccn1)c1ccc(-n2ccnc2)nc1. The first-order valence-electron chi connectivity index (χ1n) is 6.45. The van der Waals surface area contributed by atoms with Gasteiger partial charge in [0, 0.05) is 24.8 Å². The van der Waals surface area contributed by atoms with Crippen molar-refractivity contribution in [2.45, 2.75) is 6.54 Å². The number of carbonyl (C=O) groups excluding carboxylic acids is 1. The lowest BCUT2D eigenvalue weighted by atomic mass is 10.2. The topological polar surface area (TPSA) is 72.7 Å². The maximum absolute atomic E-state index is 12.0. The number of hydrogen-bond acceptors (Lipinski definition) is 4. The Morgan fingerprint density at radius 3 is 2.76 bits per heavy atom. The zero-order chi connectivity index (χ0) is 14.5. The first-order valence-corrected chi connectivity index (χ1v) is 6.45. The van der Waals surface area contributed by atoms with Crippen molar-refractivity contribution in [1.29, 1.82) is 0 Å². The molecule has 0 saturated heterocycles. The summed E-state index contributed by atoms with van der Waals surface area (Å²) >= 11 is 0. The molecule has 1 amide bonds. The summed E-state index contributed by atoms with van der Waals surface area (Å²) in [7, 11) is 0. The van der Waals surface area contributed by atoms with Gasteiger partial charge in [-0.2, -0.15) is 0 Å². The Hall–Kier alpha value is -3.02. The van der Waals surface area contributed by atoms with E-state index in [0.29, 0.717) is 17.9 Å². The lowest BCUT2D eigenvalue weighted by molar-refractivity contribution is 0.0950. The number of amides is 1. The minimum atomic E-state index is -0.176. The van der Waals surface area contributed by atoms with Gasteiger partial charge in [0.25, 0.3) is 5.91 Å². The Bertz CT molecular complexity index is 708. The van der Waals surface area contributed by atoms with Crippen molar-refractivity contribution in [3.63, 3.8) is 0 Å². The van der Waals surface area contributed by atoms with Gasteiger partial charge in [-0.1, -0.05) is 6.07 Å². The van der Waals surface area contributed by atoms with Crippen LogP contribution in [0.5, 0.6) is 0 Å². The monoisotopic (exact) mass is 279 g/mol. The van der Waals surface area contributed by atoms with Gasteiger partial charge in [-0.15, -0.1) is 0 Å². The largest absolute Gasteiger partial charge is 0.346 e. The summed E-state index contributed by atoms with van der Waals surface area (Å²) in [6.07, 6.45) is 8.37. The van der Waals surface area contributed by atoms with Gasteiger partial charge in [-0.3, -0.25) is 14.3 Å². The molecule has 104 valence electrons. The van der Waals surface area contributed by atoms with Crippen molar-refractivity contribution < 1.29 is 4.79 Å². The Labute approximate surface area is 121 Å². The van der Waals surface area contributed by atoms with Gasteiger partial charge in [0.2, 0.25) is 0 Å². The number of nitrogens with one attached hydrogen (secondary N) is 1. The van der Waals surface area contributed by atoms with Crippen molar-refractivity contribution in [1.82, 2.24) is 24.8 Å². The molecule has 3 rings (SSSR count). The van der Waals surface area contributed by atoms with Crippen molar-refractivity contribution in [3.05, 3.63) is 72.7 Å². The van der Waals surface area contributed by atoms with Crippen molar-refractivity contribution in [2.24, 2.45) is 0 Å². The van der Waals surface area contributed by atoms with E-state index in [-0.39, 0.29) is 5.91 Å². The number of hydrogen-bond donors (Lipinski definition) is 1. The molecule has 21 heavy (non-hydrogen) atoms. The van der Waals surface area contributed by atoms with E-state index < -0.39 is 0 Å². The summed E-state index contributed by atoms with van der Waals surface area (Å²) < 4.78 is 1.77. The molecule has 3 aromatic heterocycles. The minimum Gasteiger partial charge on any atom is -0.346 e. The van der Waals surface area contributed by atoms with Crippen molar-refractivity contribution in [2.75, 3.05) is 0 Å². The summed E-state index contributed by atoms with van der Waals surface area (Å²) in [6.45, 7) is 0.392. The second-order valence-corrected chi connectivity index (χ2v) is 4.38. The van der Waals surface area contributed by atoms with Crippen molar-refractivity contribution in [3.8, 4) is 5.82 Å². The van der Waals surface area contributed by atoms with Crippen LogP contribution in [-0.2, 0) is 6.54 Å². The summed E-state index contributed by atoms with van der Waals surface area (Å²) in [6, 6.07) is 9.09. The standard InChI is InChI=1S/C15H13N5O/c21-15(19-10-13-3-1-2-6-17-13)12-4-5-14(18-9-12)20-8-7-16-11-20/h1-9,11H,10H2,(H,19,21). The molecule has 6 heteroatoms. The molecule has 0 radical (unpaired) electrons. The molecule has 0 aliphatic rings. The van der Waals surface area contributed by atoms with E-state index in [4.69, 9.17) is 0 Å². The molecule has 0 aromatic carbocycles. The van der Waals surface area contributed by atoms with Gasteiger partial charge < -0.3 is 5.32 Å². The van der Waals surface area contributed by atoms with Crippen LogP contribution in [0.25, 0.3) is 5.82 Å². The molecule has 0 saturated carbocycles. The number of imidazole rings is 1. The van der Waals surface area contributed by atoms with Gasteiger partial charge >= 0.3 is 0 Å². The van der Waals surface area contributed by atoms with Crippen LogP contribution in [0.2, 0.25) is 0 Å². The number of carbonyl (C=O) groups is 1. The molecule has 0 atom stereocenters. The normalized spacial score (nSPS) is 10.3. The van der Waals surface area contributed by atoms with E-state index in [1.54, 1.807) is 47.8 Å². The molecule has 0 aliphatic carbocycles. The molecular weight excluding hydrogens is 266 g/mol. The van der Waals surface area contributed by atoms with Gasteiger partial charge in [-0.05, 0) is 24.3 Å². The molecule has 0 aliphatic heterocycles. The maximum atomic E-state index is 12.0. The van der Waals surface area contributed by atoms with Crippen LogP contribution >= 0.6 is 0 Å². The zero-order valence-corrected chi connectivity index (χ0v) is 11.2. The van der Waals surface area contributed by atoms with E-state index in [9.17, 15) is 4.79 Å². The second kappa shape index (κ2) is 5.96. The lowest BCUT2D eigenvalue weighted by Gasteiger charge is -2.05. The van der Waals surface area contributed by atoms with Crippen LogP contribution in [0.4, 0.5) is 0 Å². The fourth-order valence-electron chi connectivity index (χ4n) is 1.84. The van der Waals surface area contributed by atoms with Crippen LogP contribution in [0.3, 0.4) is 0 Å². The minimum absolute atomic E-state index is 0.176. The molecule has 0 fully saturated rings. The molecular formula is C15H13N5O. The maximum Gasteiger partial charge on any atom is 0.253 e. The summed E-state index contributed by atoms with van der Waals surface area (Å²) in [5, 5.41) is 2.81. The van der Waals surface area contributed by atoms with Crippen molar-refractivity contribution >= 4 is 5.91 Å². The van der Waals surface area contributed by atoms with E-state index in [1.165, 1.54) is 0 Å². The first kappa shape index (κ1) is 13.0. The summed E-state index contributed by atoms with van der Waals surface area (Å²) in [5.41, 5.74) is 1.32. The molecule has 0 unspecified atom stereocenters. The molecule has 1 N–H and O–H groups in total. The third-order valence-corrected chi connectivity index (χ3v) is 2.94. The van der Waals surface area contributed by atoms with Gasteiger partial charge in [-0.25, -0.2) is 9.97 Å². The highest BCUT2D eigenvalue weighted by Gasteiger charge is 2.06. The highest BCUT2D eigenvalue weighted by atomic mass is 16.1. The van der Waals surface area contributed by atoms with E-state index >= 15 is 0 Å². The number of aromatic nitrogens is 4. The van der Waals surface area contributed by atoms with Crippen LogP contribution < -0.4 is 5.32 Å². The Balaban J connectivity index is 1.65. The number of pyridine rings is 2. The Kier molecular flexibility index (Phi) is 3.68. The van der Waals surface area contributed by atoms with Crippen LogP contribution in [0.15, 0.2) is 61.4 Å². The quantitative estimate of drug-likeness (QED) is 0.787. The Morgan fingerprint density at radius 1 is 1.14 bits per heavy atom. The fraction of sp³-hybridized carbons (Fsp3) is 0.0667. The smallest absolute Gasteiger partial charge is 0.253 e. The van der Waals surface area contributed by atoms with Gasteiger partial charge in [0.05, 0.1) is 17.8 Å². The second-order valence-electron chi connectivity index (χ2n) is 4.38. The fourth-order valence-corrected chi connectivity index (χ4v) is 1.84. The summed E-state index contributed by atoms with van der Waals surface area (Å²) in [4.78, 5) is 24.4. The Morgan fingerprint density at radius 2 is 2.10 bits per heavy atom.